The van der Waals surface area contributed by atoms with Crippen molar-refractivity contribution in [3.8, 4) is 0 Å². The summed E-state index contributed by atoms with van der Waals surface area (Å²) >= 11 is 0. The van der Waals surface area contributed by atoms with Gasteiger partial charge in [0.05, 0.1) is 6.04 Å². The van der Waals surface area contributed by atoms with E-state index in [-0.39, 0.29) is 0 Å². The molecule has 1 aliphatic rings. The molecule has 1 unspecified atom stereocenters. The predicted octanol–water partition coefficient (Wildman–Crippen LogP) is 5.06. The second-order valence-electron chi connectivity index (χ2n) is 7.07. The number of hydrogen-bond acceptors (Lipinski definition) is 3. The van der Waals surface area contributed by atoms with Crippen molar-refractivity contribution in [2.24, 2.45) is 0 Å². The fourth-order valence-corrected chi connectivity index (χ4v) is 3.83. The lowest BCUT2D eigenvalue weighted by Gasteiger charge is -2.27. The summed E-state index contributed by atoms with van der Waals surface area (Å²) in [6.45, 7) is 1.98. The lowest BCUT2D eigenvalue weighted by atomic mass is 9.88. The molecule has 0 fully saturated rings. The molecule has 132 valence electrons. The zero-order chi connectivity index (χ0) is 17.8. The van der Waals surface area contributed by atoms with Gasteiger partial charge in [0, 0.05) is 11.8 Å². The molecule has 26 heavy (non-hydrogen) atoms. The van der Waals surface area contributed by atoms with Crippen molar-refractivity contribution in [1.29, 1.82) is 0 Å². The second-order valence-corrected chi connectivity index (χ2v) is 7.07. The first-order chi connectivity index (χ1) is 12.8. The van der Waals surface area contributed by atoms with Gasteiger partial charge in [0.2, 0.25) is 0 Å². The van der Waals surface area contributed by atoms with Gasteiger partial charge in [-0.1, -0.05) is 54.6 Å². The molecule has 1 aliphatic carbocycles. The van der Waals surface area contributed by atoms with Crippen LogP contribution in [0.5, 0.6) is 0 Å². The molecule has 0 bridgehead atoms. The highest BCUT2D eigenvalue weighted by Crippen LogP contribution is 2.32. The summed E-state index contributed by atoms with van der Waals surface area (Å²) in [5.74, 6) is 1.78. The molecule has 3 aromatic rings. The Morgan fingerprint density at radius 3 is 2.65 bits per heavy atom. The van der Waals surface area contributed by atoms with E-state index < -0.39 is 0 Å². The van der Waals surface area contributed by atoms with Gasteiger partial charge in [-0.3, -0.25) is 0 Å². The normalized spacial score (nSPS) is 16.1. The maximum atomic E-state index is 4.64. The Bertz CT molecular complexity index is 874. The third-order valence-electron chi connectivity index (χ3n) is 5.10. The molecule has 0 amide bonds. The van der Waals surface area contributed by atoms with E-state index in [4.69, 9.17) is 0 Å². The van der Waals surface area contributed by atoms with Crippen LogP contribution in [0.4, 0.5) is 5.82 Å². The first-order valence-electron chi connectivity index (χ1n) is 9.51. The van der Waals surface area contributed by atoms with E-state index >= 15 is 0 Å². The molecule has 3 heteroatoms. The highest BCUT2D eigenvalue weighted by molar-refractivity contribution is 5.43. The van der Waals surface area contributed by atoms with Gasteiger partial charge in [-0.05, 0) is 55.7 Å². The molecule has 1 heterocycles. The van der Waals surface area contributed by atoms with Crippen LogP contribution in [0.1, 0.15) is 47.1 Å². The number of rotatable bonds is 5. The van der Waals surface area contributed by atoms with Crippen LogP contribution in [0.25, 0.3) is 0 Å². The van der Waals surface area contributed by atoms with Crippen LogP contribution in [-0.2, 0) is 19.3 Å². The topological polar surface area (TPSA) is 37.8 Å². The van der Waals surface area contributed by atoms with Gasteiger partial charge in [-0.2, -0.15) is 0 Å². The quantitative estimate of drug-likeness (QED) is 0.703. The van der Waals surface area contributed by atoms with Crippen LogP contribution in [0.15, 0.2) is 60.7 Å². The van der Waals surface area contributed by atoms with Crippen LogP contribution in [0, 0.1) is 6.92 Å². The SMILES string of the molecule is Cc1nc(CCc2ccccc2)cc(NC2CCCc3ccccc32)n1. The Balaban J connectivity index is 1.50. The Morgan fingerprint density at radius 1 is 0.962 bits per heavy atom. The lowest BCUT2D eigenvalue weighted by Crippen LogP contribution is -2.18. The van der Waals surface area contributed by atoms with Crippen molar-refractivity contribution >= 4 is 5.82 Å². The Labute approximate surface area is 155 Å². The van der Waals surface area contributed by atoms with Crippen molar-refractivity contribution in [2.75, 3.05) is 5.32 Å². The van der Waals surface area contributed by atoms with Gasteiger partial charge in [0.1, 0.15) is 11.6 Å². The fraction of sp³-hybridized carbons (Fsp3) is 0.304. The van der Waals surface area contributed by atoms with E-state index in [1.54, 1.807) is 0 Å². The molecule has 3 nitrogen and oxygen atoms in total. The minimum Gasteiger partial charge on any atom is -0.363 e. The van der Waals surface area contributed by atoms with E-state index in [2.05, 4.69) is 75.9 Å². The number of aromatic nitrogens is 2. The molecule has 0 spiro atoms. The lowest BCUT2D eigenvalue weighted by molar-refractivity contribution is 0.598. The molecule has 1 atom stereocenters. The van der Waals surface area contributed by atoms with Crippen molar-refractivity contribution < 1.29 is 0 Å². The number of hydrogen-bond donors (Lipinski definition) is 1. The molecule has 0 radical (unpaired) electrons. The average molecular weight is 343 g/mol. The summed E-state index contributed by atoms with van der Waals surface area (Å²) in [4.78, 5) is 9.27. The largest absolute Gasteiger partial charge is 0.363 e. The van der Waals surface area contributed by atoms with Crippen molar-refractivity contribution in [2.45, 2.75) is 45.1 Å². The number of benzene rings is 2. The van der Waals surface area contributed by atoms with Crippen molar-refractivity contribution in [3.05, 3.63) is 88.9 Å². The molecule has 0 saturated carbocycles. The maximum Gasteiger partial charge on any atom is 0.130 e. The Kier molecular flexibility index (Phi) is 4.96. The minimum atomic E-state index is 0.344. The third kappa shape index (κ3) is 3.93. The second kappa shape index (κ2) is 7.69. The predicted molar refractivity (Wildman–Crippen MR) is 106 cm³/mol. The average Bonchev–Trinajstić information content (AvgIpc) is 2.67. The molecular weight excluding hydrogens is 318 g/mol. The Morgan fingerprint density at radius 2 is 1.77 bits per heavy atom. The number of nitrogens with one attached hydrogen (secondary N) is 1. The zero-order valence-corrected chi connectivity index (χ0v) is 15.3. The standard InChI is InChI=1S/C23H25N3/c1-17-24-20(15-14-18-8-3-2-4-9-18)16-23(25-17)26-22-13-7-11-19-10-5-6-12-21(19)22/h2-6,8-10,12,16,22H,7,11,13-15H2,1H3,(H,24,25,26). The van der Waals surface area contributed by atoms with Crippen molar-refractivity contribution in [1.82, 2.24) is 9.97 Å². The van der Waals surface area contributed by atoms with Gasteiger partial charge in [0.15, 0.2) is 0 Å². The highest BCUT2D eigenvalue weighted by atomic mass is 15.0. The third-order valence-corrected chi connectivity index (χ3v) is 5.10. The number of aryl methyl sites for hydroxylation is 4. The van der Waals surface area contributed by atoms with Crippen LogP contribution >= 0.6 is 0 Å². The van der Waals surface area contributed by atoms with Crippen LogP contribution < -0.4 is 5.32 Å². The van der Waals surface area contributed by atoms with Gasteiger partial charge < -0.3 is 5.32 Å². The summed E-state index contributed by atoms with van der Waals surface area (Å²) < 4.78 is 0. The summed E-state index contributed by atoms with van der Waals surface area (Å²) in [5.41, 5.74) is 5.33. The van der Waals surface area contributed by atoms with E-state index in [1.165, 1.54) is 29.5 Å². The summed E-state index contributed by atoms with van der Waals surface area (Å²) in [6.07, 6.45) is 5.49. The molecule has 2 aromatic carbocycles. The van der Waals surface area contributed by atoms with Crippen molar-refractivity contribution in [3.63, 3.8) is 0 Å². The van der Waals surface area contributed by atoms with E-state index in [9.17, 15) is 0 Å². The van der Waals surface area contributed by atoms with Gasteiger partial charge in [-0.25, -0.2) is 9.97 Å². The smallest absolute Gasteiger partial charge is 0.130 e. The molecule has 1 aromatic heterocycles. The number of nitrogens with zero attached hydrogens (tertiary/aromatic N) is 2. The summed E-state index contributed by atoms with van der Waals surface area (Å²) in [5, 5.41) is 3.67. The molecular formula is C23H25N3. The Hall–Kier alpha value is -2.68. The minimum absolute atomic E-state index is 0.344. The van der Waals surface area contributed by atoms with Crippen LogP contribution in [0.3, 0.4) is 0 Å². The van der Waals surface area contributed by atoms with Gasteiger partial charge in [-0.15, -0.1) is 0 Å². The van der Waals surface area contributed by atoms with Crippen LogP contribution in [-0.4, -0.2) is 9.97 Å². The molecule has 4 rings (SSSR count). The maximum absolute atomic E-state index is 4.64. The number of anilines is 1. The summed E-state index contributed by atoms with van der Waals surface area (Å²) in [6, 6.07) is 21.8. The van der Waals surface area contributed by atoms with Crippen LogP contribution in [0.2, 0.25) is 0 Å². The first kappa shape index (κ1) is 16.8. The summed E-state index contributed by atoms with van der Waals surface area (Å²) in [7, 11) is 0. The van der Waals surface area contributed by atoms with Gasteiger partial charge >= 0.3 is 0 Å². The zero-order valence-electron chi connectivity index (χ0n) is 15.3. The first-order valence-corrected chi connectivity index (χ1v) is 9.51. The monoisotopic (exact) mass is 343 g/mol. The van der Waals surface area contributed by atoms with E-state index in [0.717, 1.165) is 36.6 Å². The molecule has 0 saturated heterocycles. The molecule has 1 N–H and O–H groups in total. The molecule has 0 aliphatic heterocycles. The highest BCUT2D eigenvalue weighted by Gasteiger charge is 2.20. The number of fused-ring (bicyclic) bond motifs is 1. The fourth-order valence-electron chi connectivity index (χ4n) is 3.83. The van der Waals surface area contributed by atoms with E-state index in [0.29, 0.717) is 6.04 Å². The van der Waals surface area contributed by atoms with Gasteiger partial charge in [0.25, 0.3) is 0 Å². The van der Waals surface area contributed by atoms with E-state index in [1.807, 2.05) is 6.92 Å².